The molecule has 1 aliphatic rings. The van der Waals surface area contributed by atoms with Crippen molar-refractivity contribution < 1.29 is 29.1 Å². The molecule has 0 radical (unpaired) electrons. The lowest BCUT2D eigenvalue weighted by molar-refractivity contribution is -0.268. The van der Waals surface area contributed by atoms with Gasteiger partial charge in [0.05, 0.1) is 5.92 Å². The van der Waals surface area contributed by atoms with Gasteiger partial charge in [0.15, 0.2) is 0 Å². The fraction of sp³-hybridized carbons (Fsp3) is 0.680. The summed E-state index contributed by atoms with van der Waals surface area (Å²) >= 11 is 0. The van der Waals surface area contributed by atoms with Crippen molar-refractivity contribution >= 4 is 11.9 Å². The standard InChI is InChI=1S/C25H38O6/c1-5-7-9-14-18-21(24(3,4)20-16-12-11-13-17-20)22(26)28-29-23(27)25(30-31-25)19-15-10-8-6-2/h11-13,16-17,21H,5-10,14-15,18-19H2,1-4H3. The van der Waals surface area contributed by atoms with Gasteiger partial charge in [-0.25, -0.2) is 19.4 Å². The average Bonchev–Trinajstić information content (AvgIpc) is 3.56. The van der Waals surface area contributed by atoms with E-state index in [1.807, 2.05) is 44.2 Å². The van der Waals surface area contributed by atoms with Gasteiger partial charge in [-0.2, -0.15) is 9.78 Å². The Morgan fingerprint density at radius 1 is 0.903 bits per heavy atom. The summed E-state index contributed by atoms with van der Waals surface area (Å²) in [5.41, 5.74) is 0.571. The summed E-state index contributed by atoms with van der Waals surface area (Å²) in [7, 11) is 0. The fourth-order valence-corrected chi connectivity index (χ4v) is 3.91. The van der Waals surface area contributed by atoms with Crippen LogP contribution in [0.1, 0.15) is 97.5 Å². The third-order valence-electron chi connectivity index (χ3n) is 6.17. The number of benzene rings is 1. The van der Waals surface area contributed by atoms with E-state index in [4.69, 9.17) is 19.6 Å². The van der Waals surface area contributed by atoms with Crippen LogP contribution in [0, 0.1) is 5.92 Å². The van der Waals surface area contributed by atoms with Crippen molar-refractivity contribution in [2.24, 2.45) is 5.92 Å². The quantitative estimate of drug-likeness (QED) is 0.151. The Hall–Kier alpha value is -1.92. The van der Waals surface area contributed by atoms with Crippen molar-refractivity contribution in [2.45, 2.75) is 103 Å². The zero-order valence-electron chi connectivity index (χ0n) is 19.5. The zero-order valence-corrected chi connectivity index (χ0v) is 19.5. The summed E-state index contributed by atoms with van der Waals surface area (Å²) < 4.78 is 0. The monoisotopic (exact) mass is 434 g/mol. The minimum atomic E-state index is -1.42. The van der Waals surface area contributed by atoms with E-state index in [0.717, 1.165) is 56.9 Å². The lowest BCUT2D eigenvalue weighted by atomic mass is 9.71. The molecule has 174 valence electrons. The largest absolute Gasteiger partial charge is 0.420 e. The molecule has 1 unspecified atom stereocenters. The highest BCUT2D eigenvalue weighted by molar-refractivity contribution is 5.80. The van der Waals surface area contributed by atoms with Gasteiger partial charge in [-0.05, 0) is 18.4 Å². The summed E-state index contributed by atoms with van der Waals surface area (Å²) in [6.45, 7) is 8.32. The number of unbranched alkanes of at least 4 members (excludes halogenated alkanes) is 6. The van der Waals surface area contributed by atoms with E-state index in [0.29, 0.717) is 12.8 Å². The van der Waals surface area contributed by atoms with Crippen molar-refractivity contribution in [3.05, 3.63) is 35.9 Å². The highest BCUT2D eigenvalue weighted by atomic mass is 17.4. The van der Waals surface area contributed by atoms with E-state index in [-0.39, 0.29) is 0 Å². The van der Waals surface area contributed by atoms with Gasteiger partial charge in [-0.3, -0.25) is 0 Å². The van der Waals surface area contributed by atoms with Crippen LogP contribution >= 0.6 is 0 Å². The van der Waals surface area contributed by atoms with Crippen molar-refractivity contribution in [1.82, 2.24) is 0 Å². The molecule has 0 amide bonds. The maximum Gasteiger partial charge on any atom is 0.420 e. The second-order valence-electron chi connectivity index (χ2n) is 8.99. The van der Waals surface area contributed by atoms with Crippen LogP contribution in [0.4, 0.5) is 0 Å². The first-order valence-electron chi connectivity index (χ1n) is 11.7. The van der Waals surface area contributed by atoms with Crippen molar-refractivity contribution in [2.75, 3.05) is 0 Å². The number of rotatable bonds is 14. The number of carbonyl (C=O) groups is 2. The third kappa shape index (κ3) is 7.32. The van der Waals surface area contributed by atoms with E-state index < -0.39 is 29.1 Å². The van der Waals surface area contributed by atoms with Crippen molar-refractivity contribution in [1.29, 1.82) is 0 Å². The molecule has 6 nitrogen and oxygen atoms in total. The summed E-state index contributed by atoms with van der Waals surface area (Å²) in [5.74, 6) is -3.21. The van der Waals surface area contributed by atoms with Gasteiger partial charge < -0.3 is 0 Å². The van der Waals surface area contributed by atoms with E-state index in [9.17, 15) is 9.59 Å². The summed E-state index contributed by atoms with van der Waals surface area (Å²) in [6, 6.07) is 9.89. The Morgan fingerprint density at radius 3 is 2.10 bits per heavy atom. The molecule has 0 saturated carbocycles. The molecule has 6 heteroatoms. The molecule has 0 aromatic heterocycles. The van der Waals surface area contributed by atoms with Crippen LogP contribution in [0.15, 0.2) is 30.3 Å². The zero-order chi connectivity index (χ0) is 22.7. The first-order chi connectivity index (χ1) is 14.9. The molecular weight excluding hydrogens is 396 g/mol. The minimum Gasteiger partial charge on any atom is -0.247 e. The second kappa shape index (κ2) is 12.2. The second-order valence-corrected chi connectivity index (χ2v) is 8.99. The smallest absolute Gasteiger partial charge is 0.247 e. The Kier molecular flexibility index (Phi) is 9.97. The molecule has 0 N–H and O–H groups in total. The molecule has 1 aliphatic heterocycles. The highest BCUT2D eigenvalue weighted by Gasteiger charge is 2.59. The van der Waals surface area contributed by atoms with Crippen LogP contribution in [-0.2, 0) is 34.6 Å². The first kappa shape index (κ1) is 25.3. The Labute approximate surface area is 186 Å². The lowest BCUT2D eigenvalue weighted by Crippen LogP contribution is -2.37. The summed E-state index contributed by atoms with van der Waals surface area (Å²) in [5, 5.41) is 0. The van der Waals surface area contributed by atoms with Gasteiger partial charge in [0.1, 0.15) is 0 Å². The predicted octanol–water partition coefficient (Wildman–Crippen LogP) is 6.18. The van der Waals surface area contributed by atoms with Gasteiger partial charge in [0.2, 0.25) is 0 Å². The van der Waals surface area contributed by atoms with Crippen LogP contribution < -0.4 is 0 Å². The molecule has 1 heterocycles. The van der Waals surface area contributed by atoms with Crippen LogP contribution in [0.5, 0.6) is 0 Å². The summed E-state index contributed by atoms with van der Waals surface area (Å²) in [6.07, 6.45) is 9.17. The maximum atomic E-state index is 13.0. The normalized spacial score (nSPS) is 15.9. The molecular formula is C25H38O6. The molecule has 1 aromatic carbocycles. The molecule has 0 spiro atoms. The number of hydrogen-bond acceptors (Lipinski definition) is 6. The molecule has 0 bridgehead atoms. The Balaban J connectivity index is 1.98. The van der Waals surface area contributed by atoms with Gasteiger partial charge in [0, 0.05) is 11.8 Å². The minimum absolute atomic E-state index is 0.388. The number of carbonyl (C=O) groups excluding carboxylic acids is 2. The molecule has 1 aromatic rings. The highest BCUT2D eigenvalue weighted by Crippen LogP contribution is 2.38. The Bertz CT molecular complexity index is 681. The predicted molar refractivity (Wildman–Crippen MR) is 118 cm³/mol. The van der Waals surface area contributed by atoms with Gasteiger partial charge in [-0.1, -0.05) is 103 Å². The fourth-order valence-electron chi connectivity index (χ4n) is 3.91. The number of hydrogen-bond donors (Lipinski definition) is 0. The van der Waals surface area contributed by atoms with Crippen molar-refractivity contribution in [3.63, 3.8) is 0 Å². The maximum absolute atomic E-state index is 13.0. The van der Waals surface area contributed by atoms with Crippen LogP contribution in [0.2, 0.25) is 0 Å². The van der Waals surface area contributed by atoms with Crippen LogP contribution in [0.3, 0.4) is 0 Å². The summed E-state index contributed by atoms with van der Waals surface area (Å²) in [4.78, 5) is 45.1. The molecule has 31 heavy (non-hydrogen) atoms. The first-order valence-corrected chi connectivity index (χ1v) is 11.7. The van der Waals surface area contributed by atoms with E-state index in [1.165, 1.54) is 0 Å². The molecule has 1 atom stereocenters. The SMILES string of the molecule is CCCCCCC(C(=O)OOC(=O)C1(CCCCCC)OO1)C(C)(C)c1ccccc1. The topological polar surface area (TPSA) is 77.7 Å². The van der Waals surface area contributed by atoms with E-state index in [2.05, 4.69) is 13.8 Å². The van der Waals surface area contributed by atoms with E-state index >= 15 is 0 Å². The average molecular weight is 435 g/mol. The molecule has 0 aliphatic carbocycles. The van der Waals surface area contributed by atoms with E-state index in [1.54, 1.807) is 0 Å². The van der Waals surface area contributed by atoms with Gasteiger partial charge >= 0.3 is 17.7 Å². The van der Waals surface area contributed by atoms with Crippen molar-refractivity contribution in [3.8, 4) is 0 Å². The third-order valence-corrected chi connectivity index (χ3v) is 6.17. The van der Waals surface area contributed by atoms with Crippen LogP contribution in [-0.4, -0.2) is 17.7 Å². The molecule has 1 saturated heterocycles. The molecule has 1 fully saturated rings. The van der Waals surface area contributed by atoms with Gasteiger partial charge in [-0.15, -0.1) is 0 Å². The molecule has 2 rings (SSSR count). The lowest BCUT2D eigenvalue weighted by Gasteiger charge is -2.32. The van der Waals surface area contributed by atoms with Gasteiger partial charge in [0.25, 0.3) is 0 Å². The van der Waals surface area contributed by atoms with Crippen LogP contribution in [0.25, 0.3) is 0 Å². The Morgan fingerprint density at radius 2 is 1.52 bits per heavy atom.